The van der Waals surface area contributed by atoms with E-state index in [1.54, 1.807) is 4.90 Å². The summed E-state index contributed by atoms with van der Waals surface area (Å²) in [6, 6.07) is 15.8. The number of carbonyl (C=O) groups is 2. The van der Waals surface area contributed by atoms with Gasteiger partial charge < -0.3 is 15.1 Å². The Morgan fingerprint density at radius 2 is 2.00 bits per heavy atom. The molecule has 0 aliphatic carbocycles. The van der Waals surface area contributed by atoms with Crippen molar-refractivity contribution in [2.24, 2.45) is 0 Å². The zero-order valence-electron chi connectivity index (χ0n) is 17.5. The highest BCUT2D eigenvalue weighted by atomic mass is 35.5. The van der Waals surface area contributed by atoms with E-state index >= 15 is 0 Å². The Kier molecular flexibility index (Phi) is 7.00. The van der Waals surface area contributed by atoms with Crippen LogP contribution in [0.3, 0.4) is 0 Å². The van der Waals surface area contributed by atoms with Crippen molar-refractivity contribution in [3.8, 4) is 0 Å². The second-order valence-electron chi connectivity index (χ2n) is 7.92. The standard InChI is InChI=1S/C24H26ClN3O2S/c1-27-14-6-8-18(27)12-13-26-23(29)15-22-24(30)28(16-17-7-2-3-9-19(17)25)20-10-4-5-11-21(20)31-22/h2-5,7,9-11,15,18H,6,8,12-14,16H2,1H3,(H,26,29)/b22-15+. The molecule has 0 spiro atoms. The van der Waals surface area contributed by atoms with E-state index in [4.69, 9.17) is 11.6 Å². The topological polar surface area (TPSA) is 52.7 Å². The lowest BCUT2D eigenvalue weighted by Gasteiger charge is -2.30. The van der Waals surface area contributed by atoms with Crippen molar-refractivity contribution in [3.05, 3.63) is 70.1 Å². The summed E-state index contributed by atoms with van der Waals surface area (Å²) < 4.78 is 0. The smallest absolute Gasteiger partial charge is 0.265 e. The molecule has 2 heterocycles. The fraction of sp³-hybridized carbons (Fsp3) is 0.333. The molecule has 1 atom stereocenters. The average molecular weight is 456 g/mol. The van der Waals surface area contributed by atoms with Crippen molar-refractivity contribution < 1.29 is 9.59 Å². The number of para-hydroxylation sites is 1. The van der Waals surface area contributed by atoms with Gasteiger partial charge in [-0.1, -0.05) is 53.7 Å². The Hall–Kier alpha value is -2.28. The van der Waals surface area contributed by atoms with E-state index in [0.717, 1.165) is 29.1 Å². The van der Waals surface area contributed by atoms with Gasteiger partial charge in [0.15, 0.2) is 0 Å². The van der Waals surface area contributed by atoms with Crippen LogP contribution in [0.4, 0.5) is 5.69 Å². The van der Waals surface area contributed by atoms with Gasteiger partial charge in [-0.3, -0.25) is 9.59 Å². The second-order valence-corrected chi connectivity index (χ2v) is 9.41. The van der Waals surface area contributed by atoms with Gasteiger partial charge in [0.1, 0.15) is 0 Å². The number of benzene rings is 2. The van der Waals surface area contributed by atoms with Gasteiger partial charge in [0, 0.05) is 28.6 Å². The molecule has 1 saturated heterocycles. The Balaban J connectivity index is 1.48. The van der Waals surface area contributed by atoms with Crippen molar-refractivity contribution in [1.29, 1.82) is 0 Å². The molecule has 5 nitrogen and oxygen atoms in total. The number of rotatable bonds is 6. The predicted molar refractivity (Wildman–Crippen MR) is 126 cm³/mol. The Morgan fingerprint density at radius 1 is 1.23 bits per heavy atom. The van der Waals surface area contributed by atoms with Crippen molar-refractivity contribution >= 4 is 40.9 Å². The molecule has 2 amide bonds. The van der Waals surface area contributed by atoms with Crippen molar-refractivity contribution in [2.75, 3.05) is 25.0 Å². The number of hydrogen-bond donors (Lipinski definition) is 1. The molecule has 2 aliphatic heterocycles. The van der Waals surface area contributed by atoms with Crippen LogP contribution >= 0.6 is 23.4 Å². The van der Waals surface area contributed by atoms with Crippen molar-refractivity contribution in [2.45, 2.75) is 36.7 Å². The quantitative estimate of drug-likeness (QED) is 0.653. The van der Waals surface area contributed by atoms with Crippen LogP contribution in [-0.4, -0.2) is 42.9 Å². The number of fused-ring (bicyclic) bond motifs is 1. The van der Waals surface area contributed by atoms with E-state index < -0.39 is 0 Å². The van der Waals surface area contributed by atoms with Crippen LogP contribution in [0.5, 0.6) is 0 Å². The van der Waals surface area contributed by atoms with E-state index in [1.165, 1.54) is 30.7 Å². The van der Waals surface area contributed by atoms with E-state index in [-0.39, 0.29) is 11.8 Å². The van der Waals surface area contributed by atoms with Crippen LogP contribution in [0.2, 0.25) is 5.02 Å². The summed E-state index contributed by atoms with van der Waals surface area (Å²) in [4.78, 5) is 31.2. The zero-order valence-corrected chi connectivity index (χ0v) is 19.1. The van der Waals surface area contributed by atoms with Crippen LogP contribution in [0.15, 0.2) is 64.4 Å². The van der Waals surface area contributed by atoms with Crippen molar-refractivity contribution in [3.63, 3.8) is 0 Å². The summed E-state index contributed by atoms with van der Waals surface area (Å²) in [5, 5.41) is 3.57. The normalized spacial score (nSPS) is 20.2. The van der Waals surface area contributed by atoms with Gasteiger partial charge in [-0.25, -0.2) is 0 Å². The Labute approximate surface area is 192 Å². The summed E-state index contributed by atoms with van der Waals surface area (Å²) in [5.41, 5.74) is 1.70. The van der Waals surface area contributed by atoms with E-state index in [0.29, 0.717) is 29.1 Å². The Bertz CT molecular complexity index is 1010. The number of thioether (sulfide) groups is 1. The van der Waals surface area contributed by atoms with Crippen LogP contribution < -0.4 is 10.2 Å². The zero-order chi connectivity index (χ0) is 21.8. The monoisotopic (exact) mass is 455 g/mol. The molecule has 2 aromatic rings. The van der Waals surface area contributed by atoms with Crippen LogP contribution in [0.1, 0.15) is 24.8 Å². The molecule has 0 bridgehead atoms. The lowest BCUT2D eigenvalue weighted by molar-refractivity contribution is -0.118. The molecule has 7 heteroatoms. The average Bonchev–Trinajstić information content (AvgIpc) is 3.17. The van der Waals surface area contributed by atoms with Crippen molar-refractivity contribution in [1.82, 2.24) is 10.2 Å². The minimum Gasteiger partial charge on any atom is -0.352 e. The third kappa shape index (κ3) is 5.14. The fourth-order valence-corrected chi connectivity index (χ4v) is 5.32. The van der Waals surface area contributed by atoms with Gasteiger partial charge in [0.05, 0.1) is 17.1 Å². The lowest BCUT2D eigenvalue weighted by Crippen LogP contribution is -2.35. The molecule has 0 radical (unpaired) electrons. The highest BCUT2D eigenvalue weighted by Gasteiger charge is 2.30. The number of halogens is 1. The van der Waals surface area contributed by atoms with Gasteiger partial charge in [-0.2, -0.15) is 0 Å². The molecular weight excluding hydrogens is 430 g/mol. The first-order chi connectivity index (χ1) is 15.0. The first-order valence-electron chi connectivity index (χ1n) is 10.5. The fourth-order valence-electron chi connectivity index (χ4n) is 4.09. The number of anilines is 1. The number of amides is 2. The summed E-state index contributed by atoms with van der Waals surface area (Å²) in [6.45, 7) is 2.08. The number of carbonyl (C=O) groups excluding carboxylic acids is 2. The largest absolute Gasteiger partial charge is 0.352 e. The molecule has 1 fully saturated rings. The van der Waals surface area contributed by atoms with E-state index in [9.17, 15) is 9.59 Å². The first kappa shape index (κ1) is 21.9. The third-order valence-electron chi connectivity index (χ3n) is 5.83. The molecule has 162 valence electrons. The molecule has 2 aliphatic rings. The molecule has 1 unspecified atom stereocenters. The molecule has 0 saturated carbocycles. The third-order valence-corrected chi connectivity index (χ3v) is 7.27. The summed E-state index contributed by atoms with van der Waals surface area (Å²) >= 11 is 7.67. The summed E-state index contributed by atoms with van der Waals surface area (Å²) in [5.74, 6) is -0.414. The Morgan fingerprint density at radius 3 is 2.77 bits per heavy atom. The number of nitrogens with one attached hydrogen (secondary N) is 1. The van der Waals surface area contributed by atoms with Crippen LogP contribution in [-0.2, 0) is 16.1 Å². The molecule has 0 aromatic heterocycles. The molecule has 2 aromatic carbocycles. The molecule has 31 heavy (non-hydrogen) atoms. The van der Waals surface area contributed by atoms with Gasteiger partial charge in [0.25, 0.3) is 5.91 Å². The van der Waals surface area contributed by atoms with Crippen LogP contribution in [0, 0.1) is 0 Å². The highest BCUT2D eigenvalue weighted by Crippen LogP contribution is 2.42. The van der Waals surface area contributed by atoms with Gasteiger partial charge in [-0.15, -0.1) is 0 Å². The minimum atomic E-state index is -0.228. The summed E-state index contributed by atoms with van der Waals surface area (Å²) in [7, 11) is 2.13. The van der Waals surface area contributed by atoms with Gasteiger partial charge in [-0.05, 0) is 56.6 Å². The van der Waals surface area contributed by atoms with Crippen LogP contribution in [0.25, 0.3) is 0 Å². The van der Waals surface area contributed by atoms with E-state index in [2.05, 4.69) is 17.3 Å². The van der Waals surface area contributed by atoms with Gasteiger partial charge in [0.2, 0.25) is 5.91 Å². The number of nitrogens with zero attached hydrogens (tertiary/aromatic N) is 2. The maximum Gasteiger partial charge on any atom is 0.265 e. The maximum absolute atomic E-state index is 13.3. The minimum absolute atomic E-state index is 0.186. The summed E-state index contributed by atoms with van der Waals surface area (Å²) in [6.07, 6.45) is 4.75. The van der Waals surface area contributed by atoms with E-state index in [1.807, 2.05) is 48.5 Å². The molecular formula is C24H26ClN3O2S. The first-order valence-corrected chi connectivity index (χ1v) is 11.7. The number of hydrogen-bond acceptors (Lipinski definition) is 4. The van der Waals surface area contributed by atoms with Gasteiger partial charge >= 0.3 is 0 Å². The molecule has 1 N–H and O–H groups in total. The maximum atomic E-state index is 13.3. The molecule has 4 rings (SSSR count). The predicted octanol–water partition coefficient (Wildman–Crippen LogP) is 4.46. The number of likely N-dealkylation sites (tertiary alicyclic amines) is 1. The SMILES string of the molecule is CN1CCCC1CCNC(=O)/C=C1/Sc2ccccc2N(Cc2ccccc2Cl)C1=O. The lowest BCUT2D eigenvalue weighted by atomic mass is 10.1. The second kappa shape index (κ2) is 9.90. The highest BCUT2D eigenvalue weighted by molar-refractivity contribution is 8.04.